The maximum atomic E-state index is 11.5. The number of likely N-dealkylation sites (tertiary alicyclic amines) is 1. The first-order valence-corrected chi connectivity index (χ1v) is 12.9. The van der Waals surface area contributed by atoms with Crippen molar-refractivity contribution in [2.45, 2.75) is 51.1 Å². The summed E-state index contributed by atoms with van der Waals surface area (Å²) < 4.78 is 15.8. The zero-order valence-electron chi connectivity index (χ0n) is 20.7. The highest BCUT2D eigenvalue weighted by molar-refractivity contribution is 5.92. The lowest BCUT2D eigenvalue weighted by Gasteiger charge is -2.32. The molecule has 0 bridgehead atoms. The number of carboxylic acid groups (broad SMARTS) is 1. The summed E-state index contributed by atoms with van der Waals surface area (Å²) in [6.45, 7) is 4.57. The lowest BCUT2D eigenvalue weighted by Crippen LogP contribution is -2.36. The van der Waals surface area contributed by atoms with E-state index in [2.05, 4.69) is 20.3 Å². The van der Waals surface area contributed by atoms with Gasteiger partial charge < -0.3 is 19.1 Å². The van der Waals surface area contributed by atoms with Crippen LogP contribution < -0.4 is 4.74 Å². The Hall–Kier alpha value is -3.69. The molecule has 1 atom stereocenters. The minimum Gasteiger partial charge on any atom is -0.487 e. The van der Waals surface area contributed by atoms with Crippen molar-refractivity contribution in [1.82, 2.24) is 24.2 Å². The molecule has 2 saturated heterocycles. The van der Waals surface area contributed by atoms with E-state index in [1.165, 1.54) is 0 Å². The van der Waals surface area contributed by atoms with E-state index in [4.69, 9.17) is 19.6 Å². The van der Waals surface area contributed by atoms with Gasteiger partial charge >= 0.3 is 5.97 Å². The third-order valence-electron chi connectivity index (χ3n) is 7.34. The predicted octanol–water partition coefficient (Wildman–Crippen LogP) is 4.14. The highest BCUT2D eigenvalue weighted by atomic mass is 16.5. The Morgan fingerprint density at radius 2 is 1.89 bits per heavy atom. The maximum absolute atomic E-state index is 11.5. The van der Waals surface area contributed by atoms with Gasteiger partial charge in [-0.3, -0.25) is 9.58 Å². The molecule has 0 saturated carbocycles. The molecule has 2 fully saturated rings. The fourth-order valence-electron chi connectivity index (χ4n) is 5.14. The van der Waals surface area contributed by atoms with E-state index >= 15 is 0 Å². The van der Waals surface area contributed by atoms with Gasteiger partial charge in [-0.25, -0.2) is 9.78 Å². The number of carboxylic acids is 1. The Bertz CT molecular complexity index is 1370. The Kier molecular flexibility index (Phi) is 6.63. The molecule has 0 aliphatic carbocycles. The number of carbonyl (C=O) groups is 1. The number of rotatable bonds is 9. The van der Waals surface area contributed by atoms with Crippen LogP contribution in [-0.4, -0.2) is 61.1 Å². The molecular formula is C28H31N5O4. The molecule has 0 amide bonds. The minimum atomic E-state index is -0.924. The summed E-state index contributed by atoms with van der Waals surface area (Å²) in [7, 11) is 0. The van der Waals surface area contributed by atoms with E-state index < -0.39 is 5.97 Å². The largest absolute Gasteiger partial charge is 0.487 e. The molecular weight excluding hydrogens is 470 g/mol. The van der Waals surface area contributed by atoms with Crippen molar-refractivity contribution in [3.63, 3.8) is 0 Å². The van der Waals surface area contributed by atoms with Crippen molar-refractivity contribution in [3.8, 4) is 5.75 Å². The van der Waals surface area contributed by atoms with E-state index in [9.17, 15) is 9.90 Å². The van der Waals surface area contributed by atoms with Gasteiger partial charge in [0, 0.05) is 25.9 Å². The van der Waals surface area contributed by atoms with E-state index in [0.717, 1.165) is 73.8 Å². The first-order valence-electron chi connectivity index (χ1n) is 12.9. The van der Waals surface area contributed by atoms with Crippen LogP contribution in [0.1, 0.15) is 47.2 Å². The highest BCUT2D eigenvalue weighted by Crippen LogP contribution is 2.26. The number of piperidine rings is 1. The van der Waals surface area contributed by atoms with Gasteiger partial charge in [-0.2, -0.15) is 5.10 Å². The van der Waals surface area contributed by atoms with E-state index in [0.29, 0.717) is 19.2 Å². The Morgan fingerprint density at radius 3 is 2.62 bits per heavy atom. The van der Waals surface area contributed by atoms with Crippen molar-refractivity contribution < 1.29 is 19.4 Å². The second kappa shape index (κ2) is 10.4. The van der Waals surface area contributed by atoms with Gasteiger partial charge in [-0.1, -0.05) is 18.2 Å². The topological polar surface area (TPSA) is 94.6 Å². The van der Waals surface area contributed by atoms with Crippen LogP contribution in [0.3, 0.4) is 0 Å². The summed E-state index contributed by atoms with van der Waals surface area (Å²) in [6.07, 6.45) is 5.26. The minimum absolute atomic E-state index is 0.162. The average Bonchev–Trinajstić information content (AvgIpc) is 3.50. The SMILES string of the molecule is O=C(O)c1ccc2nc(CN3CCC(n4ccc(COc5ccccc5)n4)CC3)n(CC3CCO3)c2c1. The molecule has 4 aromatic rings. The van der Waals surface area contributed by atoms with Gasteiger partial charge in [0.2, 0.25) is 0 Å². The van der Waals surface area contributed by atoms with Crippen molar-refractivity contribution in [2.24, 2.45) is 0 Å². The molecule has 0 spiro atoms. The number of para-hydroxylation sites is 1. The normalized spacial score (nSPS) is 18.6. The molecule has 9 nitrogen and oxygen atoms in total. The van der Waals surface area contributed by atoms with Crippen molar-refractivity contribution in [2.75, 3.05) is 19.7 Å². The smallest absolute Gasteiger partial charge is 0.335 e. The average molecular weight is 502 g/mol. The summed E-state index contributed by atoms with van der Waals surface area (Å²) in [6, 6.07) is 17.4. The van der Waals surface area contributed by atoms with Crippen molar-refractivity contribution in [3.05, 3.63) is 77.9 Å². The second-order valence-corrected chi connectivity index (χ2v) is 9.82. The number of benzene rings is 2. The summed E-state index contributed by atoms with van der Waals surface area (Å²) in [5.74, 6) is 0.886. The molecule has 2 aliphatic heterocycles. The zero-order valence-corrected chi connectivity index (χ0v) is 20.7. The van der Waals surface area contributed by atoms with E-state index in [1.807, 2.05) is 42.5 Å². The van der Waals surface area contributed by atoms with Gasteiger partial charge in [-0.05, 0) is 55.7 Å². The number of fused-ring (bicyclic) bond motifs is 1. The lowest BCUT2D eigenvalue weighted by molar-refractivity contribution is -0.0592. The standard InChI is InChI=1S/C28H31N5O4/c34-28(35)20-6-7-25-26(16-20)32(17-24-11-15-36-24)27(29-25)18-31-12-9-22(10-13-31)33-14-8-21(30-33)19-37-23-4-2-1-3-5-23/h1-8,14,16,22,24H,9-13,15,17-19H2,(H,34,35). The number of nitrogens with zero attached hydrogens (tertiary/aromatic N) is 5. The number of hydrogen-bond donors (Lipinski definition) is 1. The number of ether oxygens (including phenoxy) is 2. The lowest BCUT2D eigenvalue weighted by atomic mass is 10.1. The number of imidazole rings is 1. The first-order chi connectivity index (χ1) is 18.1. The monoisotopic (exact) mass is 501 g/mol. The fourth-order valence-corrected chi connectivity index (χ4v) is 5.14. The summed E-state index contributed by atoms with van der Waals surface area (Å²) in [4.78, 5) is 18.9. The number of hydrogen-bond acceptors (Lipinski definition) is 6. The molecule has 4 heterocycles. The molecule has 1 N–H and O–H groups in total. The summed E-state index contributed by atoms with van der Waals surface area (Å²) in [5.41, 5.74) is 2.90. The van der Waals surface area contributed by atoms with Crippen LogP contribution in [0.2, 0.25) is 0 Å². The molecule has 0 radical (unpaired) electrons. The van der Waals surface area contributed by atoms with Crippen LogP contribution in [0.4, 0.5) is 0 Å². The van der Waals surface area contributed by atoms with E-state index in [1.54, 1.807) is 12.1 Å². The Balaban J connectivity index is 1.10. The Labute approximate surface area is 215 Å². The predicted molar refractivity (Wildman–Crippen MR) is 138 cm³/mol. The summed E-state index contributed by atoms with van der Waals surface area (Å²) in [5, 5.41) is 14.2. The molecule has 1 unspecified atom stereocenters. The zero-order chi connectivity index (χ0) is 25.2. The molecule has 6 rings (SSSR count). The Morgan fingerprint density at radius 1 is 1.08 bits per heavy atom. The van der Waals surface area contributed by atoms with Gasteiger partial charge in [0.1, 0.15) is 18.2 Å². The molecule has 192 valence electrons. The maximum Gasteiger partial charge on any atom is 0.335 e. The quantitative estimate of drug-likeness (QED) is 0.368. The van der Waals surface area contributed by atoms with Gasteiger partial charge in [0.25, 0.3) is 0 Å². The third-order valence-corrected chi connectivity index (χ3v) is 7.34. The van der Waals surface area contributed by atoms with Crippen molar-refractivity contribution >= 4 is 17.0 Å². The van der Waals surface area contributed by atoms with Gasteiger partial charge in [0.05, 0.1) is 47.5 Å². The van der Waals surface area contributed by atoms with Crippen molar-refractivity contribution in [1.29, 1.82) is 0 Å². The molecule has 2 aromatic carbocycles. The number of aromatic nitrogens is 4. The molecule has 2 aliphatic rings. The van der Waals surface area contributed by atoms with Crippen LogP contribution in [0.25, 0.3) is 11.0 Å². The summed E-state index contributed by atoms with van der Waals surface area (Å²) >= 11 is 0. The molecule has 9 heteroatoms. The van der Waals surface area contributed by atoms with Crippen LogP contribution in [0.15, 0.2) is 60.8 Å². The van der Waals surface area contributed by atoms with E-state index in [-0.39, 0.29) is 11.7 Å². The third kappa shape index (κ3) is 5.23. The van der Waals surface area contributed by atoms with Gasteiger partial charge in [0.15, 0.2) is 0 Å². The fraction of sp³-hybridized carbons (Fsp3) is 0.393. The van der Waals surface area contributed by atoms with Crippen LogP contribution >= 0.6 is 0 Å². The van der Waals surface area contributed by atoms with Crippen LogP contribution in [0.5, 0.6) is 5.75 Å². The first kappa shape index (κ1) is 23.7. The van der Waals surface area contributed by atoms with Crippen LogP contribution in [-0.2, 0) is 24.4 Å². The molecule has 2 aromatic heterocycles. The number of aromatic carboxylic acids is 1. The van der Waals surface area contributed by atoms with Crippen LogP contribution in [0, 0.1) is 0 Å². The second-order valence-electron chi connectivity index (χ2n) is 9.82. The van der Waals surface area contributed by atoms with Gasteiger partial charge in [-0.15, -0.1) is 0 Å². The molecule has 37 heavy (non-hydrogen) atoms. The highest BCUT2D eigenvalue weighted by Gasteiger charge is 2.26.